The maximum absolute atomic E-state index is 5.94. The molecule has 1 saturated carbocycles. The average Bonchev–Trinajstić information content (AvgIpc) is 3.13. The summed E-state index contributed by atoms with van der Waals surface area (Å²) in [5, 5.41) is 3.62. The van der Waals surface area contributed by atoms with Crippen LogP contribution >= 0.6 is 11.6 Å². The van der Waals surface area contributed by atoms with Crippen LogP contribution in [-0.2, 0) is 0 Å². The molecule has 1 fully saturated rings. The molecule has 0 saturated heterocycles. The van der Waals surface area contributed by atoms with Gasteiger partial charge in [0.1, 0.15) is 5.82 Å². The Morgan fingerprint density at radius 3 is 2.59 bits per heavy atom. The third-order valence-electron chi connectivity index (χ3n) is 2.70. The summed E-state index contributed by atoms with van der Waals surface area (Å²) in [6.07, 6.45) is 2.42. The van der Waals surface area contributed by atoms with Crippen LogP contribution in [-0.4, -0.2) is 16.0 Å². The monoisotopic (exact) mass is 245 g/mol. The van der Waals surface area contributed by atoms with Crippen LogP contribution in [0.2, 0.25) is 5.28 Å². The third-order valence-corrected chi connectivity index (χ3v) is 2.87. The maximum atomic E-state index is 5.94. The van der Waals surface area contributed by atoms with Crippen LogP contribution in [0, 0.1) is 0 Å². The third kappa shape index (κ3) is 2.56. The Balaban J connectivity index is 1.95. The van der Waals surface area contributed by atoms with Crippen molar-refractivity contribution in [3.8, 4) is 11.3 Å². The molecule has 1 heterocycles. The molecule has 3 nitrogen and oxygen atoms in total. The molecule has 0 bridgehead atoms. The fourth-order valence-corrected chi connectivity index (χ4v) is 1.87. The van der Waals surface area contributed by atoms with Crippen LogP contribution in [0.4, 0.5) is 5.82 Å². The van der Waals surface area contributed by atoms with Crippen molar-refractivity contribution >= 4 is 17.4 Å². The molecular formula is C13H12ClN3. The first-order valence-corrected chi connectivity index (χ1v) is 6.05. The topological polar surface area (TPSA) is 37.8 Å². The van der Waals surface area contributed by atoms with Crippen molar-refractivity contribution in [1.29, 1.82) is 0 Å². The molecule has 86 valence electrons. The van der Waals surface area contributed by atoms with Crippen molar-refractivity contribution in [1.82, 2.24) is 9.97 Å². The molecule has 2 aromatic rings. The van der Waals surface area contributed by atoms with E-state index in [1.807, 2.05) is 36.4 Å². The maximum Gasteiger partial charge on any atom is 0.224 e. The van der Waals surface area contributed by atoms with Crippen molar-refractivity contribution in [2.45, 2.75) is 18.9 Å². The van der Waals surface area contributed by atoms with E-state index >= 15 is 0 Å². The number of hydrogen-bond acceptors (Lipinski definition) is 3. The van der Waals surface area contributed by atoms with E-state index in [1.165, 1.54) is 12.8 Å². The molecule has 1 N–H and O–H groups in total. The number of hydrogen-bond donors (Lipinski definition) is 1. The number of aromatic nitrogens is 2. The lowest BCUT2D eigenvalue weighted by Crippen LogP contribution is -2.04. The molecule has 1 aromatic carbocycles. The van der Waals surface area contributed by atoms with E-state index in [2.05, 4.69) is 15.3 Å². The van der Waals surface area contributed by atoms with Gasteiger partial charge < -0.3 is 5.32 Å². The molecule has 3 rings (SSSR count). The lowest BCUT2D eigenvalue weighted by atomic mass is 10.1. The fraction of sp³-hybridized carbons (Fsp3) is 0.231. The standard InChI is InChI=1S/C13H12ClN3/c14-13-16-11(9-4-2-1-3-5-9)8-12(17-13)15-10-6-7-10/h1-5,8,10H,6-7H2,(H,15,16,17). The van der Waals surface area contributed by atoms with Gasteiger partial charge in [-0.3, -0.25) is 0 Å². The summed E-state index contributed by atoms with van der Waals surface area (Å²) in [5.74, 6) is 0.811. The van der Waals surface area contributed by atoms with E-state index in [9.17, 15) is 0 Å². The summed E-state index contributed by atoms with van der Waals surface area (Å²) in [4.78, 5) is 8.43. The Kier molecular flexibility index (Phi) is 2.69. The summed E-state index contributed by atoms with van der Waals surface area (Å²) in [6, 6.07) is 12.5. The van der Waals surface area contributed by atoms with Gasteiger partial charge in [-0.15, -0.1) is 0 Å². The second-order valence-electron chi connectivity index (χ2n) is 4.19. The van der Waals surface area contributed by atoms with Gasteiger partial charge >= 0.3 is 0 Å². The second-order valence-corrected chi connectivity index (χ2v) is 4.53. The molecule has 0 unspecified atom stereocenters. The Morgan fingerprint density at radius 1 is 1.12 bits per heavy atom. The molecular weight excluding hydrogens is 234 g/mol. The van der Waals surface area contributed by atoms with Crippen LogP contribution in [0.3, 0.4) is 0 Å². The van der Waals surface area contributed by atoms with Gasteiger partial charge in [-0.1, -0.05) is 30.3 Å². The molecule has 1 aromatic heterocycles. The van der Waals surface area contributed by atoms with E-state index < -0.39 is 0 Å². The number of nitrogens with one attached hydrogen (secondary N) is 1. The Hall–Kier alpha value is -1.61. The van der Waals surface area contributed by atoms with Gasteiger partial charge in [0.15, 0.2) is 0 Å². The highest BCUT2D eigenvalue weighted by atomic mass is 35.5. The first kappa shape index (κ1) is 10.5. The quantitative estimate of drug-likeness (QED) is 0.843. The molecule has 0 amide bonds. The summed E-state index contributed by atoms with van der Waals surface area (Å²) >= 11 is 5.94. The van der Waals surface area contributed by atoms with E-state index in [0.29, 0.717) is 6.04 Å². The van der Waals surface area contributed by atoms with Gasteiger partial charge in [-0.2, -0.15) is 0 Å². The number of rotatable bonds is 3. The minimum absolute atomic E-state index is 0.287. The lowest BCUT2D eigenvalue weighted by Gasteiger charge is -2.06. The Labute approximate surface area is 105 Å². The first-order valence-electron chi connectivity index (χ1n) is 5.68. The van der Waals surface area contributed by atoms with E-state index in [-0.39, 0.29) is 5.28 Å². The van der Waals surface area contributed by atoms with Gasteiger partial charge in [0, 0.05) is 17.7 Å². The van der Waals surface area contributed by atoms with E-state index in [1.54, 1.807) is 0 Å². The van der Waals surface area contributed by atoms with E-state index in [4.69, 9.17) is 11.6 Å². The van der Waals surface area contributed by atoms with Crippen LogP contribution in [0.25, 0.3) is 11.3 Å². The molecule has 17 heavy (non-hydrogen) atoms. The zero-order valence-corrected chi connectivity index (χ0v) is 9.98. The Bertz CT molecular complexity index is 523. The zero-order chi connectivity index (χ0) is 11.7. The smallest absolute Gasteiger partial charge is 0.224 e. The van der Waals surface area contributed by atoms with Crippen molar-refractivity contribution in [2.24, 2.45) is 0 Å². The van der Waals surface area contributed by atoms with Crippen molar-refractivity contribution < 1.29 is 0 Å². The zero-order valence-electron chi connectivity index (χ0n) is 9.23. The van der Waals surface area contributed by atoms with Crippen molar-refractivity contribution in [3.05, 3.63) is 41.7 Å². The highest BCUT2D eigenvalue weighted by molar-refractivity contribution is 6.28. The van der Waals surface area contributed by atoms with Crippen LogP contribution in [0.5, 0.6) is 0 Å². The summed E-state index contributed by atoms with van der Waals surface area (Å²) in [7, 11) is 0. The fourth-order valence-electron chi connectivity index (χ4n) is 1.69. The molecule has 1 aliphatic rings. The van der Waals surface area contributed by atoms with E-state index in [0.717, 1.165) is 17.1 Å². The lowest BCUT2D eigenvalue weighted by molar-refractivity contribution is 1.08. The molecule has 0 radical (unpaired) electrons. The van der Waals surface area contributed by atoms with Gasteiger partial charge in [0.25, 0.3) is 0 Å². The number of benzene rings is 1. The van der Waals surface area contributed by atoms with Crippen LogP contribution in [0.1, 0.15) is 12.8 Å². The number of halogens is 1. The first-order chi connectivity index (χ1) is 8.31. The van der Waals surface area contributed by atoms with Gasteiger partial charge in [-0.25, -0.2) is 9.97 Å². The number of nitrogens with zero attached hydrogens (tertiary/aromatic N) is 2. The average molecular weight is 246 g/mol. The molecule has 4 heteroatoms. The highest BCUT2D eigenvalue weighted by Gasteiger charge is 2.21. The molecule has 0 atom stereocenters. The summed E-state index contributed by atoms with van der Waals surface area (Å²) in [5.41, 5.74) is 1.91. The molecule has 1 aliphatic carbocycles. The van der Waals surface area contributed by atoms with Crippen molar-refractivity contribution in [2.75, 3.05) is 5.32 Å². The normalized spacial score (nSPS) is 14.6. The van der Waals surface area contributed by atoms with Crippen LogP contribution in [0.15, 0.2) is 36.4 Å². The molecule has 0 spiro atoms. The predicted molar refractivity (Wildman–Crippen MR) is 69.1 cm³/mol. The van der Waals surface area contributed by atoms with Crippen molar-refractivity contribution in [3.63, 3.8) is 0 Å². The highest BCUT2D eigenvalue weighted by Crippen LogP contribution is 2.26. The molecule has 0 aliphatic heterocycles. The Morgan fingerprint density at radius 2 is 1.88 bits per heavy atom. The predicted octanol–water partition coefficient (Wildman–Crippen LogP) is 3.37. The van der Waals surface area contributed by atoms with Crippen LogP contribution < -0.4 is 5.32 Å². The SMILES string of the molecule is Clc1nc(NC2CC2)cc(-c2ccccc2)n1. The minimum atomic E-state index is 0.287. The van der Waals surface area contributed by atoms with Gasteiger partial charge in [0.05, 0.1) is 5.69 Å². The number of anilines is 1. The van der Waals surface area contributed by atoms with Gasteiger partial charge in [-0.05, 0) is 24.4 Å². The van der Waals surface area contributed by atoms with Gasteiger partial charge in [0.2, 0.25) is 5.28 Å². The summed E-state index contributed by atoms with van der Waals surface area (Å²) < 4.78 is 0. The summed E-state index contributed by atoms with van der Waals surface area (Å²) in [6.45, 7) is 0. The second kappa shape index (κ2) is 4.34. The largest absolute Gasteiger partial charge is 0.367 e. The minimum Gasteiger partial charge on any atom is -0.367 e.